The molecule has 3 nitrogen and oxygen atoms in total. The Hall–Kier alpha value is -1.51. The second-order valence-corrected chi connectivity index (χ2v) is 7.23. The molecule has 0 spiro atoms. The van der Waals surface area contributed by atoms with Gasteiger partial charge in [-0.25, -0.2) is 0 Å². The van der Waals surface area contributed by atoms with Gasteiger partial charge < -0.3 is 10.6 Å². The molecule has 1 atom stereocenters. The molecule has 1 aliphatic carbocycles. The van der Waals surface area contributed by atoms with Gasteiger partial charge >= 0.3 is 0 Å². The van der Waals surface area contributed by atoms with Gasteiger partial charge in [0, 0.05) is 24.2 Å². The summed E-state index contributed by atoms with van der Waals surface area (Å²) in [4.78, 5) is 15.0. The van der Waals surface area contributed by atoms with Crippen molar-refractivity contribution in [1.29, 1.82) is 0 Å². The quantitative estimate of drug-likeness (QED) is 0.856. The summed E-state index contributed by atoms with van der Waals surface area (Å²) < 4.78 is 0. The molecular formula is C18H28N2O. The van der Waals surface area contributed by atoms with E-state index in [-0.39, 0.29) is 17.4 Å². The van der Waals surface area contributed by atoms with E-state index in [9.17, 15) is 4.79 Å². The largest absolute Gasteiger partial charge is 0.399 e. The van der Waals surface area contributed by atoms with E-state index in [0.717, 1.165) is 30.5 Å². The zero-order valence-electron chi connectivity index (χ0n) is 13.7. The van der Waals surface area contributed by atoms with E-state index in [1.165, 1.54) is 0 Å². The number of amides is 1. The smallest absolute Gasteiger partial charge is 0.226 e. The first-order chi connectivity index (χ1) is 9.81. The number of nitrogens with zero attached hydrogens (tertiary/aromatic N) is 1. The van der Waals surface area contributed by atoms with Gasteiger partial charge in [-0.1, -0.05) is 32.4 Å². The summed E-state index contributed by atoms with van der Waals surface area (Å²) >= 11 is 0. The van der Waals surface area contributed by atoms with Gasteiger partial charge in [0.25, 0.3) is 0 Å². The van der Waals surface area contributed by atoms with Crippen molar-refractivity contribution >= 4 is 11.6 Å². The topological polar surface area (TPSA) is 46.3 Å². The molecule has 1 saturated carbocycles. The molecule has 1 aromatic carbocycles. The van der Waals surface area contributed by atoms with Gasteiger partial charge in [0.2, 0.25) is 5.91 Å². The van der Waals surface area contributed by atoms with E-state index >= 15 is 0 Å². The molecule has 2 rings (SSSR count). The average Bonchev–Trinajstić information content (AvgIpc) is 2.76. The highest BCUT2D eigenvalue weighted by Gasteiger charge is 2.41. The third kappa shape index (κ3) is 3.58. The second-order valence-electron chi connectivity index (χ2n) is 7.23. The van der Waals surface area contributed by atoms with Crippen molar-refractivity contribution in [3.8, 4) is 0 Å². The predicted molar refractivity (Wildman–Crippen MR) is 87.7 cm³/mol. The van der Waals surface area contributed by atoms with Crippen LogP contribution in [0.1, 0.15) is 52.5 Å². The van der Waals surface area contributed by atoms with E-state index in [2.05, 4.69) is 27.7 Å². The fraction of sp³-hybridized carbons (Fsp3) is 0.611. The van der Waals surface area contributed by atoms with Gasteiger partial charge in [0.05, 0.1) is 0 Å². The lowest BCUT2D eigenvalue weighted by atomic mass is 9.81. The minimum absolute atomic E-state index is 0.130. The molecule has 0 radical (unpaired) electrons. The number of carbonyl (C=O) groups excluding carboxylic acids is 1. The van der Waals surface area contributed by atoms with E-state index in [1.54, 1.807) is 0 Å². The molecule has 0 heterocycles. The van der Waals surface area contributed by atoms with Crippen molar-refractivity contribution in [2.75, 3.05) is 5.73 Å². The first-order valence-electron chi connectivity index (χ1n) is 7.96. The lowest BCUT2D eigenvalue weighted by molar-refractivity contribution is -0.140. The number of carbonyl (C=O) groups is 1. The Morgan fingerprint density at radius 2 is 1.95 bits per heavy atom. The normalized spacial score (nSPS) is 20.7. The van der Waals surface area contributed by atoms with E-state index in [4.69, 9.17) is 5.73 Å². The van der Waals surface area contributed by atoms with Crippen molar-refractivity contribution in [2.45, 2.75) is 59.5 Å². The highest BCUT2D eigenvalue weighted by molar-refractivity contribution is 5.80. The molecule has 0 bridgehead atoms. The van der Waals surface area contributed by atoms with Crippen molar-refractivity contribution in [1.82, 2.24) is 4.90 Å². The van der Waals surface area contributed by atoms with E-state index in [1.807, 2.05) is 29.2 Å². The molecule has 0 saturated heterocycles. The third-order valence-corrected chi connectivity index (χ3v) is 4.79. The third-order valence-electron chi connectivity index (χ3n) is 4.79. The maximum absolute atomic E-state index is 13.0. The Morgan fingerprint density at radius 1 is 1.33 bits per heavy atom. The van der Waals surface area contributed by atoms with Crippen LogP contribution in [0, 0.1) is 11.3 Å². The number of hydrogen-bond acceptors (Lipinski definition) is 2. The van der Waals surface area contributed by atoms with Crippen LogP contribution in [0.2, 0.25) is 0 Å². The molecular weight excluding hydrogens is 260 g/mol. The SMILES string of the molecule is CC(C)N(Cc1ccc(N)cc1)C(=O)C1CCCC1(C)C. The van der Waals surface area contributed by atoms with Crippen molar-refractivity contribution in [3.05, 3.63) is 29.8 Å². The zero-order valence-corrected chi connectivity index (χ0v) is 13.7. The number of rotatable bonds is 4. The minimum atomic E-state index is 0.130. The number of hydrogen-bond donors (Lipinski definition) is 1. The van der Waals surface area contributed by atoms with Crippen LogP contribution in [0.25, 0.3) is 0 Å². The number of nitrogen functional groups attached to an aromatic ring is 1. The van der Waals surface area contributed by atoms with Crippen LogP contribution in [0.5, 0.6) is 0 Å². The summed E-state index contributed by atoms with van der Waals surface area (Å²) in [7, 11) is 0. The molecule has 3 heteroatoms. The summed E-state index contributed by atoms with van der Waals surface area (Å²) in [6.45, 7) is 9.31. The van der Waals surface area contributed by atoms with Crippen LogP contribution < -0.4 is 5.73 Å². The Balaban J connectivity index is 2.15. The summed E-state index contributed by atoms with van der Waals surface area (Å²) in [5, 5.41) is 0. The van der Waals surface area contributed by atoms with Crippen LogP contribution in [-0.4, -0.2) is 16.8 Å². The molecule has 116 valence electrons. The van der Waals surface area contributed by atoms with Gasteiger partial charge in [-0.05, 0) is 49.8 Å². The standard InChI is InChI=1S/C18H28N2O/c1-13(2)20(12-14-7-9-15(19)10-8-14)17(21)16-6-5-11-18(16,3)4/h7-10,13,16H,5-6,11-12,19H2,1-4H3. The Morgan fingerprint density at radius 3 is 2.43 bits per heavy atom. The van der Waals surface area contributed by atoms with Gasteiger partial charge in [-0.15, -0.1) is 0 Å². The van der Waals surface area contributed by atoms with Crippen LogP contribution in [0.4, 0.5) is 5.69 Å². The van der Waals surface area contributed by atoms with E-state index < -0.39 is 0 Å². The highest BCUT2D eigenvalue weighted by atomic mass is 16.2. The van der Waals surface area contributed by atoms with Gasteiger partial charge in [-0.2, -0.15) is 0 Å². The van der Waals surface area contributed by atoms with Crippen LogP contribution in [-0.2, 0) is 11.3 Å². The first-order valence-corrected chi connectivity index (χ1v) is 7.96. The Labute approximate surface area is 128 Å². The zero-order chi connectivity index (χ0) is 15.6. The van der Waals surface area contributed by atoms with Gasteiger partial charge in [0.15, 0.2) is 0 Å². The number of benzene rings is 1. The fourth-order valence-electron chi connectivity index (χ4n) is 3.32. The molecule has 1 unspecified atom stereocenters. The van der Waals surface area contributed by atoms with Crippen molar-refractivity contribution < 1.29 is 4.79 Å². The molecule has 0 aromatic heterocycles. The number of nitrogens with two attached hydrogens (primary N) is 1. The summed E-state index contributed by atoms with van der Waals surface area (Å²) in [5.74, 6) is 0.470. The lowest BCUT2D eigenvalue weighted by Gasteiger charge is -2.34. The summed E-state index contributed by atoms with van der Waals surface area (Å²) in [5.41, 5.74) is 7.76. The summed E-state index contributed by atoms with van der Waals surface area (Å²) in [6.07, 6.45) is 3.34. The number of anilines is 1. The highest BCUT2D eigenvalue weighted by Crippen LogP contribution is 2.43. The monoisotopic (exact) mass is 288 g/mol. The lowest BCUT2D eigenvalue weighted by Crippen LogP contribution is -2.43. The van der Waals surface area contributed by atoms with E-state index in [0.29, 0.717) is 12.5 Å². The molecule has 21 heavy (non-hydrogen) atoms. The molecule has 0 aliphatic heterocycles. The first kappa shape index (κ1) is 15.9. The molecule has 1 aromatic rings. The van der Waals surface area contributed by atoms with Crippen molar-refractivity contribution in [2.24, 2.45) is 11.3 Å². The Bertz CT molecular complexity index is 490. The van der Waals surface area contributed by atoms with Crippen LogP contribution >= 0.6 is 0 Å². The van der Waals surface area contributed by atoms with Crippen LogP contribution in [0.15, 0.2) is 24.3 Å². The maximum atomic E-state index is 13.0. The minimum Gasteiger partial charge on any atom is -0.399 e. The maximum Gasteiger partial charge on any atom is 0.226 e. The Kier molecular flexibility index (Phi) is 4.60. The van der Waals surface area contributed by atoms with Gasteiger partial charge in [-0.3, -0.25) is 4.79 Å². The van der Waals surface area contributed by atoms with Crippen LogP contribution in [0.3, 0.4) is 0 Å². The predicted octanol–water partition coefficient (Wildman–Crippen LogP) is 3.83. The van der Waals surface area contributed by atoms with Gasteiger partial charge in [0.1, 0.15) is 0 Å². The average molecular weight is 288 g/mol. The molecule has 1 fully saturated rings. The van der Waals surface area contributed by atoms with Crippen molar-refractivity contribution in [3.63, 3.8) is 0 Å². The molecule has 1 amide bonds. The summed E-state index contributed by atoms with van der Waals surface area (Å²) in [6, 6.07) is 8.04. The fourth-order valence-corrected chi connectivity index (χ4v) is 3.32. The second kappa shape index (κ2) is 6.08. The molecule has 1 aliphatic rings. The molecule has 2 N–H and O–H groups in total.